The number of nitrogens with zero attached hydrogens (tertiary/aromatic N) is 2. The molecule has 1 aliphatic rings. The van der Waals surface area contributed by atoms with E-state index in [4.69, 9.17) is 16.3 Å². The molecular weight excluding hydrogens is 518 g/mol. The molecule has 1 atom stereocenters. The lowest BCUT2D eigenvalue weighted by Gasteiger charge is -2.27. The maximum Gasteiger partial charge on any atom is 0.413 e. The van der Waals surface area contributed by atoms with Crippen molar-refractivity contribution in [2.45, 2.75) is 38.6 Å². The van der Waals surface area contributed by atoms with Gasteiger partial charge >= 0.3 is 6.09 Å². The Hall–Kier alpha value is -3.90. The molecule has 37 heavy (non-hydrogen) atoms. The Morgan fingerprint density at radius 3 is 2.76 bits per heavy atom. The molecule has 0 aliphatic carbocycles. The molecule has 0 spiro atoms. The molecule has 0 bridgehead atoms. The highest BCUT2D eigenvalue weighted by Crippen LogP contribution is 2.39. The maximum atomic E-state index is 12.8. The number of carbonyl (C=O) groups excluding carboxylic acids is 3. The van der Waals surface area contributed by atoms with Gasteiger partial charge in [0, 0.05) is 25.3 Å². The number of nitrogens with one attached hydrogen (secondary N) is 5. The molecule has 5 N–H and O–H groups in total. The normalized spacial score (nSPS) is 16.0. The number of benzene rings is 1. The van der Waals surface area contributed by atoms with E-state index >= 15 is 0 Å². The van der Waals surface area contributed by atoms with Gasteiger partial charge in [-0.15, -0.1) is 11.3 Å². The van der Waals surface area contributed by atoms with E-state index in [2.05, 4.69) is 36.6 Å². The topological polar surface area (TPSA) is 146 Å². The molecule has 4 rings (SSSR count). The van der Waals surface area contributed by atoms with Crippen molar-refractivity contribution in [2.24, 2.45) is 0 Å². The summed E-state index contributed by atoms with van der Waals surface area (Å²) >= 11 is 7.54. The van der Waals surface area contributed by atoms with Crippen molar-refractivity contribution in [3.63, 3.8) is 0 Å². The Morgan fingerprint density at radius 2 is 2.03 bits per heavy atom. The highest BCUT2D eigenvalue weighted by Gasteiger charge is 2.35. The summed E-state index contributed by atoms with van der Waals surface area (Å²) in [6.45, 7) is 5.45. The van der Waals surface area contributed by atoms with Gasteiger partial charge in [0.15, 0.2) is 5.82 Å². The minimum Gasteiger partial charge on any atom is -0.397 e. The van der Waals surface area contributed by atoms with Gasteiger partial charge in [0.2, 0.25) is 22.8 Å². The van der Waals surface area contributed by atoms with Crippen molar-refractivity contribution < 1.29 is 19.1 Å². The van der Waals surface area contributed by atoms with Gasteiger partial charge in [0.1, 0.15) is 11.1 Å². The number of rotatable bonds is 6. The van der Waals surface area contributed by atoms with Crippen molar-refractivity contribution in [2.75, 3.05) is 23.0 Å². The summed E-state index contributed by atoms with van der Waals surface area (Å²) in [5.74, 6) is 0.0233. The molecule has 2 aromatic heterocycles. The van der Waals surface area contributed by atoms with Crippen LogP contribution in [0.25, 0.3) is 0 Å². The first-order valence-electron chi connectivity index (χ1n) is 11.3. The van der Waals surface area contributed by atoms with Crippen LogP contribution in [0.1, 0.15) is 32.8 Å². The van der Waals surface area contributed by atoms with Crippen molar-refractivity contribution in [3.05, 3.63) is 46.4 Å². The summed E-state index contributed by atoms with van der Waals surface area (Å²) in [5.41, 5.74) is 2.36. The molecule has 0 radical (unpaired) electrons. The van der Waals surface area contributed by atoms with Crippen LogP contribution in [0.5, 0.6) is 5.06 Å². The van der Waals surface area contributed by atoms with Crippen molar-refractivity contribution >= 4 is 69.7 Å². The van der Waals surface area contributed by atoms with E-state index in [0.717, 1.165) is 5.56 Å². The van der Waals surface area contributed by atoms with Gasteiger partial charge in [-0.05, 0) is 41.0 Å². The predicted molar refractivity (Wildman–Crippen MR) is 143 cm³/mol. The molecule has 194 valence electrons. The minimum atomic E-state index is -0.640. The first-order chi connectivity index (χ1) is 17.6. The third-order valence-corrected chi connectivity index (χ3v) is 6.75. The van der Waals surface area contributed by atoms with Crippen LogP contribution < -0.4 is 31.3 Å². The highest BCUT2D eigenvalue weighted by atomic mass is 35.5. The first kappa shape index (κ1) is 26.2. The van der Waals surface area contributed by atoms with E-state index in [1.165, 1.54) is 31.5 Å². The molecule has 13 heteroatoms. The van der Waals surface area contributed by atoms with Gasteiger partial charge < -0.3 is 31.3 Å². The number of hydrogen-bond acceptors (Lipinski definition) is 9. The van der Waals surface area contributed by atoms with Crippen LogP contribution in [0.3, 0.4) is 0 Å². The number of carbonyl (C=O) groups is 3. The Morgan fingerprint density at radius 1 is 1.24 bits per heavy atom. The van der Waals surface area contributed by atoms with Gasteiger partial charge in [0.05, 0.1) is 11.9 Å². The standard InChI is InChI=1S/C24H26ClN7O4S/c1-12(33)28-18-10-24(2,3)14-6-5-13(9-17(14)31-20(18)34)29-22-27-11-15(25)19(32-22)30-16-7-8-37-21(16)36-23(35)26-4/h5-9,11,18H,10H2,1-4H3,(H,26,35)(H,28,33)(H,31,34)(H2,27,29,30,32). The monoisotopic (exact) mass is 543 g/mol. The maximum absolute atomic E-state index is 12.8. The first-order valence-corrected chi connectivity index (χ1v) is 12.6. The number of halogens is 1. The van der Waals surface area contributed by atoms with Gasteiger partial charge in [0.25, 0.3) is 0 Å². The van der Waals surface area contributed by atoms with E-state index in [-0.39, 0.29) is 28.2 Å². The zero-order valence-electron chi connectivity index (χ0n) is 20.6. The average molecular weight is 544 g/mol. The SMILES string of the molecule is CNC(=O)Oc1sccc1Nc1nc(Nc2ccc3c(c2)NC(=O)C(NC(C)=O)CC3(C)C)ncc1Cl. The predicted octanol–water partition coefficient (Wildman–Crippen LogP) is 4.52. The molecule has 3 heterocycles. The molecule has 3 amide bonds. The van der Waals surface area contributed by atoms with E-state index < -0.39 is 12.1 Å². The Bertz CT molecular complexity index is 1360. The summed E-state index contributed by atoms with van der Waals surface area (Å²) in [5, 5.41) is 16.6. The van der Waals surface area contributed by atoms with Crippen molar-refractivity contribution in [3.8, 4) is 5.06 Å². The second-order valence-electron chi connectivity index (χ2n) is 8.99. The third-order valence-electron chi connectivity index (χ3n) is 5.69. The van der Waals surface area contributed by atoms with Crippen LogP contribution in [0.4, 0.5) is 33.6 Å². The number of anilines is 5. The van der Waals surface area contributed by atoms with Crippen LogP contribution in [0.2, 0.25) is 5.02 Å². The largest absolute Gasteiger partial charge is 0.413 e. The molecule has 1 aliphatic heterocycles. The average Bonchev–Trinajstić information content (AvgIpc) is 3.23. The minimum absolute atomic E-state index is 0.256. The Balaban J connectivity index is 1.56. The summed E-state index contributed by atoms with van der Waals surface area (Å²) in [7, 11) is 1.47. The fourth-order valence-electron chi connectivity index (χ4n) is 3.98. The van der Waals surface area contributed by atoms with Crippen LogP contribution in [0.15, 0.2) is 35.8 Å². The molecule has 0 saturated heterocycles. The van der Waals surface area contributed by atoms with Crippen LogP contribution in [0, 0.1) is 0 Å². The number of ether oxygens (including phenoxy) is 1. The highest BCUT2D eigenvalue weighted by molar-refractivity contribution is 7.12. The number of hydrogen-bond donors (Lipinski definition) is 5. The second kappa shape index (κ2) is 10.6. The smallest absolute Gasteiger partial charge is 0.397 e. The van der Waals surface area contributed by atoms with Gasteiger partial charge in [-0.3, -0.25) is 9.59 Å². The lowest BCUT2D eigenvalue weighted by atomic mass is 9.79. The fourth-order valence-corrected chi connectivity index (χ4v) is 4.82. The van der Waals surface area contributed by atoms with E-state index in [1.54, 1.807) is 17.5 Å². The van der Waals surface area contributed by atoms with E-state index in [0.29, 0.717) is 34.4 Å². The third kappa shape index (κ3) is 6.09. The van der Waals surface area contributed by atoms with E-state index in [9.17, 15) is 14.4 Å². The molecule has 0 saturated carbocycles. The van der Waals surface area contributed by atoms with Gasteiger partial charge in [-0.2, -0.15) is 4.98 Å². The molecule has 1 unspecified atom stereocenters. The van der Waals surface area contributed by atoms with Crippen molar-refractivity contribution in [1.29, 1.82) is 0 Å². The van der Waals surface area contributed by atoms with Crippen LogP contribution in [-0.2, 0) is 15.0 Å². The number of amides is 3. The van der Waals surface area contributed by atoms with E-state index in [1.807, 2.05) is 26.0 Å². The lowest BCUT2D eigenvalue weighted by molar-refractivity contribution is -0.125. The number of fused-ring (bicyclic) bond motifs is 1. The Kier molecular flexibility index (Phi) is 7.50. The van der Waals surface area contributed by atoms with Gasteiger partial charge in [-0.1, -0.05) is 31.5 Å². The quantitative estimate of drug-likeness (QED) is 0.305. The zero-order chi connectivity index (χ0) is 26.7. The number of thiophene rings is 1. The summed E-state index contributed by atoms with van der Waals surface area (Å²) in [6.07, 6.45) is 1.31. The van der Waals surface area contributed by atoms with Crippen molar-refractivity contribution in [1.82, 2.24) is 20.6 Å². The Labute approximate surface area is 222 Å². The van der Waals surface area contributed by atoms with Crippen LogP contribution in [-0.4, -0.2) is 41.0 Å². The second-order valence-corrected chi connectivity index (χ2v) is 10.3. The molecule has 1 aromatic carbocycles. The number of aromatic nitrogens is 2. The summed E-state index contributed by atoms with van der Waals surface area (Å²) < 4.78 is 5.24. The van der Waals surface area contributed by atoms with Crippen LogP contribution >= 0.6 is 22.9 Å². The summed E-state index contributed by atoms with van der Waals surface area (Å²) in [6, 6.07) is 6.69. The fraction of sp³-hybridized carbons (Fsp3) is 0.292. The lowest BCUT2D eigenvalue weighted by Crippen LogP contribution is -2.44. The molecule has 11 nitrogen and oxygen atoms in total. The summed E-state index contributed by atoms with van der Waals surface area (Å²) in [4.78, 5) is 44.7. The zero-order valence-corrected chi connectivity index (χ0v) is 22.1. The molecule has 0 fully saturated rings. The van der Waals surface area contributed by atoms with Gasteiger partial charge in [-0.25, -0.2) is 9.78 Å². The molecule has 3 aromatic rings. The molecular formula is C24H26ClN7O4S.